The molecule has 1 aromatic rings. The minimum atomic E-state index is -0.199. The number of hydrogen-bond acceptors (Lipinski definition) is 2. The Balaban J connectivity index is 2.23. The second-order valence-corrected chi connectivity index (χ2v) is 3.94. The van der Waals surface area contributed by atoms with Crippen molar-refractivity contribution < 1.29 is 9.13 Å². The summed E-state index contributed by atoms with van der Waals surface area (Å²) in [5, 5.41) is 3.37. The van der Waals surface area contributed by atoms with E-state index in [1.54, 1.807) is 12.1 Å². The first-order valence-electron chi connectivity index (χ1n) is 5.42. The highest BCUT2D eigenvalue weighted by atomic mass is 19.1. The van der Waals surface area contributed by atoms with Crippen molar-refractivity contribution in [2.45, 2.75) is 32.4 Å². The van der Waals surface area contributed by atoms with Crippen molar-refractivity contribution in [2.75, 3.05) is 6.54 Å². The van der Waals surface area contributed by atoms with Gasteiger partial charge in [0.05, 0.1) is 6.04 Å². The fraction of sp³-hybridized carbons (Fsp3) is 0.500. The van der Waals surface area contributed by atoms with Crippen molar-refractivity contribution >= 4 is 0 Å². The van der Waals surface area contributed by atoms with E-state index in [1.165, 1.54) is 6.07 Å². The van der Waals surface area contributed by atoms with Crippen molar-refractivity contribution in [3.63, 3.8) is 0 Å². The Bertz CT molecular complexity index is 353. The van der Waals surface area contributed by atoms with Crippen LogP contribution in [0.15, 0.2) is 18.2 Å². The summed E-state index contributed by atoms with van der Waals surface area (Å²) in [4.78, 5) is 0. The zero-order valence-electron chi connectivity index (χ0n) is 9.09. The summed E-state index contributed by atoms with van der Waals surface area (Å²) in [5.74, 6) is 0.604. The molecule has 2 rings (SSSR count). The van der Waals surface area contributed by atoms with Gasteiger partial charge in [0.25, 0.3) is 0 Å². The van der Waals surface area contributed by atoms with Gasteiger partial charge in [0, 0.05) is 5.56 Å². The van der Waals surface area contributed by atoms with Crippen molar-refractivity contribution in [1.29, 1.82) is 0 Å². The lowest BCUT2D eigenvalue weighted by Gasteiger charge is -2.16. The lowest BCUT2D eigenvalue weighted by molar-refractivity contribution is 0.210. The molecule has 0 fully saturated rings. The molecule has 0 aromatic heterocycles. The fourth-order valence-corrected chi connectivity index (χ4v) is 1.97. The third-order valence-electron chi connectivity index (χ3n) is 2.70. The van der Waals surface area contributed by atoms with Gasteiger partial charge in [0.15, 0.2) is 0 Å². The van der Waals surface area contributed by atoms with Gasteiger partial charge in [-0.2, -0.15) is 0 Å². The molecular weight excluding hydrogens is 193 g/mol. The molecule has 0 bridgehead atoms. The van der Waals surface area contributed by atoms with Crippen LogP contribution in [0.5, 0.6) is 5.75 Å². The van der Waals surface area contributed by atoms with E-state index >= 15 is 0 Å². The molecule has 0 saturated heterocycles. The van der Waals surface area contributed by atoms with Crippen LogP contribution >= 0.6 is 0 Å². The predicted octanol–water partition coefficient (Wildman–Crippen LogP) is 2.65. The zero-order valence-corrected chi connectivity index (χ0v) is 9.09. The standard InChI is InChI=1S/C12H16FNO/c1-3-6-14-12-8(2)15-11-5-4-9(13)7-10(11)12/h4-5,7-8,12,14H,3,6H2,1-2H3. The highest BCUT2D eigenvalue weighted by Gasteiger charge is 2.30. The number of benzene rings is 1. The fourth-order valence-electron chi connectivity index (χ4n) is 1.97. The van der Waals surface area contributed by atoms with E-state index in [0.717, 1.165) is 24.3 Å². The Labute approximate surface area is 89.4 Å². The van der Waals surface area contributed by atoms with E-state index in [-0.39, 0.29) is 18.0 Å². The molecule has 0 spiro atoms. The molecule has 1 heterocycles. The molecule has 0 radical (unpaired) electrons. The zero-order chi connectivity index (χ0) is 10.8. The molecule has 2 unspecified atom stereocenters. The smallest absolute Gasteiger partial charge is 0.124 e. The summed E-state index contributed by atoms with van der Waals surface area (Å²) >= 11 is 0. The van der Waals surface area contributed by atoms with Gasteiger partial charge in [-0.05, 0) is 38.1 Å². The van der Waals surface area contributed by atoms with Crippen LogP contribution in [0.4, 0.5) is 4.39 Å². The first-order chi connectivity index (χ1) is 7.22. The maximum atomic E-state index is 13.1. The molecule has 3 heteroatoms. The summed E-state index contributed by atoms with van der Waals surface area (Å²) in [6.07, 6.45) is 1.14. The Kier molecular flexibility index (Phi) is 2.91. The third-order valence-corrected chi connectivity index (χ3v) is 2.70. The summed E-state index contributed by atoms with van der Waals surface area (Å²) in [6.45, 7) is 5.04. The van der Waals surface area contributed by atoms with Crippen molar-refractivity contribution in [3.8, 4) is 5.75 Å². The molecule has 1 N–H and O–H groups in total. The topological polar surface area (TPSA) is 21.3 Å². The van der Waals surface area contributed by atoms with E-state index in [0.29, 0.717) is 0 Å². The number of fused-ring (bicyclic) bond motifs is 1. The highest BCUT2D eigenvalue weighted by Crippen LogP contribution is 2.36. The van der Waals surface area contributed by atoms with E-state index < -0.39 is 0 Å². The lowest BCUT2D eigenvalue weighted by atomic mass is 10.0. The van der Waals surface area contributed by atoms with E-state index in [4.69, 9.17) is 4.74 Å². The normalized spacial score (nSPS) is 23.7. The van der Waals surface area contributed by atoms with E-state index in [9.17, 15) is 4.39 Å². The van der Waals surface area contributed by atoms with Crippen LogP contribution in [0.3, 0.4) is 0 Å². The number of ether oxygens (including phenoxy) is 1. The van der Waals surface area contributed by atoms with Gasteiger partial charge < -0.3 is 10.1 Å². The average molecular weight is 209 g/mol. The van der Waals surface area contributed by atoms with Crippen molar-refractivity contribution in [3.05, 3.63) is 29.6 Å². The summed E-state index contributed by atoms with van der Waals surface area (Å²) in [7, 11) is 0. The molecule has 2 nitrogen and oxygen atoms in total. The number of rotatable bonds is 3. The van der Waals surface area contributed by atoms with Crippen LogP contribution in [0.2, 0.25) is 0 Å². The maximum absolute atomic E-state index is 13.1. The molecule has 0 saturated carbocycles. The second kappa shape index (κ2) is 4.19. The summed E-state index contributed by atoms with van der Waals surface area (Å²) in [5.41, 5.74) is 0.941. The minimum Gasteiger partial charge on any atom is -0.488 e. The molecule has 1 aromatic carbocycles. The summed E-state index contributed by atoms with van der Waals surface area (Å²) < 4.78 is 18.7. The Hall–Kier alpha value is -1.09. The van der Waals surface area contributed by atoms with Crippen LogP contribution in [0.1, 0.15) is 31.9 Å². The third kappa shape index (κ3) is 1.97. The largest absolute Gasteiger partial charge is 0.488 e. The van der Waals surface area contributed by atoms with Crippen LogP contribution in [0.25, 0.3) is 0 Å². The van der Waals surface area contributed by atoms with Crippen molar-refractivity contribution in [1.82, 2.24) is 5.32 Å². The highest BCUT2D eigenvalue weighted by molar-refractivity contribution is 5.40. The van der Waals surface area contributed by atoms with Gasteiger partial charge >= 0.3 is 0 Å². The second-order valence-electron chi connectivity index (χ2n) is 3.94. The van der Waals surface area contributed by atoms with Gasteiger partial charge in [-0.25, -0.2) is 4.39 Å². The first-order valence-corrected chi connectivity index (χ1v) is 5.42. The Morgan fingerprint density at radius 3 is 3.00 bits per heavy atom. The predicted molar refractivity (Wildman–Crippen MR) is 57.5 cm³/mol. The van der Waals surface area contributed by atoms with Gasteiger partial charge in [-0.1, -0.05) is 6.92 Å². The van der Waals surface area contributed by atoms with Crippen LogP contribution in [-0.2, 0) is 0 Å². The SMILES string of the molecule is CCCNC1c2cc(F)ccc2OC1C. The Morgan fingerprint density at radius 1 is 1.47 bits per heavy atom. The molecule has 0 amide bonds. The average Bonchev–Trinajstić information content (AvgIpc) is 2.51. The lowest BCUT2D eigenvalue weighted by Crippen LogP contribution is -2.29. The van der Waals surface area contributed by atoms with Gasteiger partial charge in [0.2, 0.25) is 0 Å². The Morgan fingerprint density at radius 2 is 2.27 bits per heavy atom. The van der Waals surface area contributed by atoms with Crippen LogP contribution in [0, 0.1) is 5.82 Å². The van der Waals surface area contributed by atoms with Gasteiger partial charge in [-0.3, -0.25) is 0 Å². The molecule has 82 valence electrons. The van der Waals surface area contributed by atoms with Gasteiger partial charge in [-0.15, -0.1) is 0 Å². The molecule has 0 aliphatic carbocycles. The number of halogens is 1. The molecular formula is C12H16FNO. The van der Waals surface area contributed by atoms with Gasteiger partial charge in [0.1, 0.15) is 17.7 Å². The number of hydrogen-bond donors (Lipinski definition) is 1. The molecule has 2 atom stereocenters. The van der Waals surface area contributed by atoms with Crippen LogP contribution in [-0.4, -0.2) is 12.6 Å². The monoisotopic (exact) mass is 209 g/mol. The van der Waals surface area contributed by atoms with Crippen LogP contribution < -0.4 is 10.1 Å². The van der Waals surface area contributed by atoms with E-state index in [1.807, 2.05) is 6.92 Å². The number of nitrogens with one attached hydrogen (secondary N) is 1. The molecule has 15 heavy (non-hydrogen) atoms. The maximum Gasteiger partial charge on any atom is 0.124 e. The summed E-state index contributed by atoms with van der Waals surface area (Å²) in [6, 6.07) is 4.82. The van der Waals surface area contributed by atoms with Crippen molar-refractivity contribution in [2.24, 2.45) is 0 Å². The van der Waals surface area contributed by atoms with E-state index in [2.05, 4.69) is 12.2 Å². The first kappa shape index (κ1) is 10.4. The molecule has 1 aliphatic rings. The quantitative estimate of drug-likeness (QED) is 0.826. The molecule has 1 aliphatic heterocycles. The minimum absolute atomic E-state index is 0.0772.